The third kappa shape index (κ3) is 7.76. The number of phenols is 1. The number of hydrogen-bond acceptors (Lipinski definition) is 3. The topological polar surface area (TPSA) is 50.9 Å². The van der Waals surface area contributed by atoms with Crippen LogP contribution in [0.4, 0.5) is 0 Å². The summed E-state index contributed by atoms with van der Waals surface area (Å²) in [5.74, 6) is -1.02. The van der Waals surface area contributed by atoms with Crippen LogP contribution in [0.15, 0.2) is 170 Å². The van der Waals surface area contributed by atoms with Crippen molar-refractivity contribution < 1.29 is 28.9 Å². The zero-order valence-corrected chi connectivity index (χ0v) is 36.5. The number of pyridine rings is 1. The van der Waals surface area contributed by atoms with E-state index in [1.165, 1.54) is 5.56 Å². The van der Waals surface area contributed by atoms with Gasteiger partial charge in [-0.25, -0.2) is 4.98 Å². The SMILES string of the molecule is [2H]C(C)(C)c1cccc(C([2H])(C)C)c1-c1ccc(-n2c(-c3ccccc3O)nc3c(-c4[c-]c(-c5cc(-c6ccc(C)cc6)ccn5)cc(-c5ccccc5)c4)cccc32)cc1.[Pt]. The second-order valence-corrected chi connectivity index (χ2v) is 15.6. The molecule has 0 saturated heterocycles. The summed E-state index contributed by atoms with van der Waals surface area (Å²) in [4.78, 5) is 10.2. The van der Waals surface area contributed by atoms with Crippen molar-refractivity contribution in [3.8, 4) is 78.6 Å². The molecule has 0 amide bonds. The second-order valence-electron chi connectivity index (χ2n) is 15.6. The van der Waals surface area contributed by atoms with Crippen LogP contribution in [0.1, 0.15) is 58.9 Å². The third-order valence-corrected chi connectivity index (χ3v) is 11.1. The summed E-state index contributed by atoms with van der Waals surface area (Å²) < 4.78 is 20.1. The molecule has 0 aliphatic rings. The van der Waals surface area contributed by atoms with E-state index in [0.29, 0.717) is 11.4 Å². The summed E-state index contributed by atoms with van der Waals surface area (Å²) >= 11 is 0. The van der Waals surface area contributed by atoms with E-state index in [1.807, 2.05) is 88.5 Å². The predicted molar refractivity (Wildman–Crippen MR) is 245 cm³/mol. The molecule has 60 heavy (non-hydrogen) atoms. The van der Waals surface area contributed by atoms with Gasteiger partial charge < -0.3 is 5.11 Å². The Morgan fingerprint density at radius 2 is 1.20 bits per heavy atom. The van der Waals surface area contributed by atoms with Crippen LogP contribution in [0.3, 0.4) is 0 Å². The first-order chi connectivity index (χ1) is 29.3. The molecule has 7 aromatic carbocycles. The number of benzene rings is 7. The number of para-hydroxylation sites is 2. The van der Waals surface area contributed by atoms with Crippen LogP contribution in [-0.4, -0.2) is 19.6 Å². The molecule has 0 bridgehead atoms. The molecule has 0 fully saturated rings. The Kier molecular flexibility index (Phi) is 10.8. The average molecular weight is 962 g/mol. The molecule has 0 radical (unpaired) electrons. The van der Waals surface area contributed by atoms with Crippen molar-refractivity contribution >= 4 is 11.0 Å². The summed E-state index contributed by atoms with van der Waals surface area (Å²) in [7, 11) is 0. The summed E-state index contributed by atoms with van der Waals surface area (Å²) in [6.45, 7) is 9.66. The molecule has 9 rings (SSSR count). The quantitative estimate of drug-likeness (QED) is 0.147. The zero-order chi connectivity index (χ0) is 42.5. The van der Waals surface area contributed by atoms with Crippen molar-refractivity contribution in [2.45, 2.75) is 46.4 Å². The van der Waals surface area contributed by atoms with Gasteiger partial charge in [-0.15, -0.1) is 23.8 Å². The minimum atomic E-state index is -0.876. The van der Waals surface area contributed by atoms with Gasteiger partial charge in [0.05, 0.1) is 16.6 Å². The minimum Gasteiger partial charge on any atom is -0.507 e. The van der Waals surface area contributed by atoms with Crippen LogP contribution in [-0.2, 0) is 21.1 Å². The van der Waals surface area contributed by atoms with Crippen LogP contribution < -0.4 is 0 Å². The standard InChI is InChI=1S/C55H46N3O.Pt/c1-35(2)46-16-11-17-47(36(3)4)53(46)40-25-27-45(28-26-40)58-51-19-12-18-48(54(51)57-55(58)49-15-9-10-20-52(49)59)43-31-42(38-13-7-6-8-14-38)32-44(33-43)50-34-41(29-30-56-50)39-23-21-37(5)22-24-39;/h6-32,34-36,59H,1-5H3;/q-1;/i35D,36D;. The van der Waals surface area contributed by atoms with Gasteiger partial charge >= 0.3 is 0 Å². The Morgan fingerprint density at radius 1 is 0.583 bits per heavy atom. The summed E-state index contributed by atoms with van der Waals surface area (Å²) in [5.41, 5.74) is 15.7. The Bertz CT molecular complexity index is 3020. The smallest absolute Gasteiger partial charge is 0.148 e. The molecule has 1 N–H and O–H groups in total. The summed E-state index contributed by atoms with van der Waals surface area (Å²) in [6, 6.07) is 58.9. The molecular weight excluding hydrogens is 914 g/mol. The number of imidazole rings is 1. The van der Waals surface area contributed by atoms with Gasteiger partial charge in [0, 0.05) is 41.4 Å². The monoisotopic (exact) mass is 961 g/mol. The molecule has 2 aromatic heterocycles. The number of aryl methyl sites for hydroxylation is 1. The van der Waals surface area contributed by atoms with Crippen LogP contribution in [0, 0.1) is 13.0 Å². The molecule has 0 atom stereocenters. The van der Waals surface area contributed by atoms with E-state index in [9.17, 15) is 5.11 Å². The van der Waals surface area contributed by atoms with E-state index < -0.39 is 11.8 Å². The van der Waals surface area contributed by atoms with Gasteiger partial charge in [0.15, 0.2) is 0 Å². The van der Waals surface area contributed by atoms with Gasteiger partial charge in [-0.1, -0.05) is 165 Å². The van der Waals surface area contributed by atoms with Crippen molar-refractivity contribution in [1.82, 2.24) is 14.5 Å². The Labute approximate surface area is 370 Å². The van der Waals surface area contributed by atoms with Crippen LogP contribution in [0.25, 0.3) is 83.9 Å². The van der Waals surface area contributed by atoms with Crippen molar-refractivity contribution in [3.05, 3.63) is 193 Å². The first-order valence-electron chi connectivity index (χ1n) is 21.0. The van der Waals surface area contributed by atoms with Gasteiger partial charge in [-0.2, -0.15) is 0 Å². The Morgan fingerprint density at radius 3 is 1.90 bits per heavy atom. The number of aromatic hydroxyl groups is 1. The van der Waals surface area contributed by atoms with Crippen LogP contribution in [0.5, 0.6) is 5.75 Å². The van der Waals surface area contributed by atoms with E-state index in [4.69, 9.17) is 12.7 Å². The molecule has 2 heterocycles. The van der Waals surface area contributed by atoms with Gasteiger partial charge in [-0.05, 0) is 94.1 Å². The maximum absolute atomic E-state index is 11.3. The molecule has 0 spiro atoms. The Balaban J connectivity index is 0.00000529. The van der Waals surface area contributed by atoms with Crippen molar-refractivity contribution in [2.75, 3.05) is 0 Å². The van der Waals surface area contributed by atoms with E-state index in [2.05, 4.69) is 121 Å². The summed E-state index contributed by atoms with van der Waals surface area (Å²) in [6.07, 6.45) is 1.86. The molecule has 5 heteroatoms. The fourth-order valence-corrected chi connectivity index (χ4v) is 8.05. The number of rotatable bonds is 9. The molecule has 0 saturated carbocycles. The van der Waals surface area contributed by atoms with E-state index in [-0.39, 0.29) is 26.8 Å². The van der Waals surface area contributed by atoms with E-state index >= 15 is 0 Å². The van der Waals surface area contributed by atoms with Crippen LogP contribution in [0.2, 0.25) is 0 Å². The molecule has 9 aromatic rings. The normalized spacial score (nSPS) is 12.2. The number of fused-ring (bicyclic) bond motifs is 1. The fraction of sp³-hybridized carbons (Fsp3) is 0.127. The zero-order valence-electron chi connectivity index (χ0n) is 36.3. The van der Waals surface area contributed by atoms with Gasteiger partial charge in [0.25, 0.3) is 0 Å². The first kappa shape index (κ1) is 37.9. The van der Waals surface area contributed by atoms with Crippen molar-refractivity contribution in [1.29, 1.82) is 0 Å². The number of hydrogen-bond donors (Lipinski definition) is 1. The minimum absolute atomic E-state index is 0. The van der Waals surface area contributed by atoms with Gasteiger partial charge in [-0.3, -0.25) is 9.55 Å². The van der Waals surface area contributed by atoms with Crippen molar-refractivity contribution in [2.24, 2.45) is 0 Å². The molecular formula is C55H46N3OPt-. The first-order valence-corrected chi connectivity index (χ1v) is 20.0. The number of nitrogens with zero attached hydrogens (tertiary/aromatic N) is 3. The molecule has 0 aliphatic carbocycles. The van der Waals surface area contributed by atoms with E-state index in [0.717, 1.165) is 83.6 Å². The Hall–Kier alpha value is -6.35. The molecule has 4 nitrogen and oxygen atoms in total. The number of phenolic OH excluding ortho intramolecular Hbond substituents is 1. The maximum Gasteiger partial charge on any atom is 0.148 e. The van der Waals surface area contributed by atoms with E-state index in [1.54, 1.807) is 6.07 Å². The largest absolute Gasteiger partial charge is 0.507 e. The molecule has 298 valence electrons. The van der Waals surface area contributed by atoms with Gasteiger partial charge in [0.2, 0.25) is 0 Å². The van der Waals surface area contributed by atoms with Crippen LogP contribution >= 0.6 is 0 Å². The average Bonchev–Trinajstić information content (AvgIpc) is 3.66. The predicted octanol–water partition coefficient (Wildman–Crippen LogP) is 14.5. The maximum atomic E-state index is 11.3. The number of aromatic nitrogens is 3. The second kappa shape index (κ2) is 17.1. The van der Waals surface area contributed by atoms with Gasteiger partial charge in [0.1, 0.15) is 11.6 Å². The third-order valence-electron chi connectivity index (χ3n) is 11.1. The molecule has 0 aliphatic heterocycles. The summed E-state index contributed by atoms with van der Waals surface area (Å²) in [5, 5.41) is 11.3. The van der Waals surface area contributed by atoms with Crippen molar-refractivity contribution in [3.63, 3.8) is 0 Å². The fourth-order valence-electron chi connectivity index (χ4n) is 8.05. The molecule has 0 unspecified atom stereocenters.